The lowest BCUT2D eigenvalue weighted by molar-refractivity contribution is -0.240. The Morgan fingerprint density at radius 3 is 1.28 bits per heavy atom. The maximum absolute atomic E-state index is 13.5. The lowest BCUT2D eigenvalue weighted by Crippen LogP contribution is -2.50. The highest BCUT2D eigenvalue weighted by molar-refractivity contribution is 5.93. The number of ether oxygens (including phenoxy) is 6. The molecule has 2 spiro atoms. The lowest BCUT2D eigenvalue weighted by Gasteiger charge is -2.40. The normalized spacial score (nSPS) is 30.4. The molecule has 1 saturated carbocycles. The Balaban J connectivity index is 1.17. The van der Waals surface area contributed by atoms with Crippen LogP contribution in [0.4, 0.5) is 17.6 Å². The number of hydrogen-bond donors (Lipinski definition) is 0. The summed E-state index contributed by atoms with van der Waals surface area (Å²) >= 11 is 0. The van der Waals surface area contributed by atoms with E-state index in [0.29, 0.717) is 24.0 Å². The summed E-state index contributed by atoms with van der Waals surface area (Å²) < 4.78 is 81.6. The van der Waals surface area contributed by atoms with Crippen LogP contribution in [0.15, 0.2) is 48.5 Å². The topological polar surface area (TPSA) is 72.5 Å². The number of carbonyl (C=O) groups is 1. The highest BCUT2D eigenvalue weighted by Crippen LogP contribution is 2.52. The van der Waals surface area contributed by atoms with Gasteiger partial charge in [-0.3, -0.25) is 4.79 Å². The Morgan fingerprint density at radius 1 is 0.639 bits per heavy atom. The van der Waals surface area contributed by atoms with Gasteiger partial charge in [-0.2, -0.15) is 17.6 Å². The van der Waals surface area contributed by atoms with Gasteiger partial charge >= 0.3 is 13.2 Å². The first kappa shape index (κ1) is 24.9. The molecule has 1 aliphatic carbocycles. The highest BCUT2D eigenvalue weighted by atomic mass is 19.3. The maximum atomic E-state index is 13.5. The van der Waals surface area contributed by atoms with Crippen LogP contribution in [0.2, 0.25) is 0 Å². The molecule has 2 aromatic carbocycles. The highest BCUT2D eigenvalue weighted by Gasteiger charge is 2.60. The van der Waals surface area contributed by atoms with Crippen molar-refractivity contribution in [2.24, 2.45) is 10.8 Å². The number of carbonyl (C=O) groups excluding carboxylic acids is 1. The first-order valence-electron chi connectivity index (χ1n) is 11.4. The molecule has 0 N–H and O–H groups in total. The molecule has 0 radical (unpaired) electrons. The van der Waals surface area contributed by atoms with Gasteiger partial charge < -0.3 is 28.4 Å². The zero-order valence-electron chi connectivity index (χ0n) is 19.0. The van der Waals surface area contributed by atoms with Crippen LogP contribution in [0.5, 0.6) is 11.5 Å². The number of Topliss-reactive ketones (excluding diaryl/α,β-unsaturated/α-hetero) is 1. The second kappa shape index (κ2) is 9.97. The van der Waals surface area contributed by atoms with Gasteiger partial charge in [-0.05, 0) is 37.1 Å². The first-order chi connectivity index (χ1) is 17.3. The number of ketones is 1. The smallest absolute Gasteiger partial charge is 0.387 e. The van der Waals surface area contributed by atoms with Crippen molar-refractivity contribution >= 4 is 5.78 Å². The minimum Gasteiger partial charge on any atom is -0.435 e. The Hall–Kier alpha value is -2.73. The largest absolute Gasteiger partial charge is 0.435 e. The summed E-state index contributed by atoms with van der Waals surface area (Å²) in [5.74, 6) is 0.0252. The molecule has 0 bridgehead atoms. The molecule has 0 atom stereocenters. The van der Waals surface area contributed by atoms with Crippen LogP contribution in [0.3, 0.4) is 0 Å². The number of hydrogen-bond acceptors (Lipinski definition) is 7. The van der Waals surface area contributed by atoms with Crippen molar-refractivity contribution in [2.45, 2.75) is 38.6 Å². The predicted molar refractivity (Wildman–Crippen MR) is 115 cm³/mol. The van der Waals surface area contributed by atoms with E-state index in [1.165, 1.54) is 24.3 Å². The van der Waals surface area contributed by atoms with E-state index in [0.717, 1.165) is 0 Å². The van der Waals surface area contributed by atoms with Crippen LogP contribution in [-0.2, 0) is 23.7 Å². The number of alkyl halides is 4. The molecule has 3 fully saturated rings. The number of rotatable bonds is 6. The Morgan fingerprint density at radius 2 is 0.972 bits per heavy atom. The van der Waals surface area contributed by atoms with E-state index < -0.39 is 36.6 Å². The van der Waals surface area contributed by atoms with Crippen LogP contribution in [0.1, 0.15) is 36.5 Å². The van der Waals surface area contributed by atoms with Crippen molar-refractivity contribution in [1.82, 2.24) is 0 Å². The van der Waals surface area contributed by atoms with Crippen molar-refractivity contribution in [3.05, 3.63) is 59.7 Å². The molecule has 36 heavy (non-hydrogen) atoms. The molecule has 2 heterocycles. The maximum Gasteiger partial charge on any atom is 0.387 e. The second-order valence-corrected chi connectivity index (χ2v) is 9.19. The Labute approximate surface area is 204 Å². The molecule has 194 valence electrons. The third-order valence-corrected chi connectivity index (χ3v) is 6.84. The van der Waals surface area contributed by atoms with E-state index in [1.54, 1.807) is 24.3 Å². The molecule has 7 nitrogen and oxygen atoms in total. The van der Waals surface area contributed by atoms with Crippen molar-refractivity contribution in [3.63, 3.8) is 0 Å². The van der Waals surface area contributed by atoms with Crippen LogP contribution >= 0.6 is 0 Å². The molecule has 2 aliphatic heterocycles. The fourth-order valence-electron chi connectivity index (χ4n) is 4.94. The average molecular weight is 512 g/mol. The van der Waals surface area contributed by atoms with Gasteiger partial charge in [0, 0.05) is 11.1 Å². The molecule has 0 amide bonds. The van der Waals surface area contributed by atoms with Crippen LogP contribution in [0, 0.1) is 10.8 Å². The molecular weight excluding hydrogens is 488 g/mol. The van der Waals surface area contributed by atoms with E-state index in [-0.39, 0.29) is 43.7 Å². The summed E-state index contributed by atoms with van der Waals surface area (Å²) in [5.41, 5.74) is -0.376. The fraction of sp³-hybridized carbons (Fsp3) is 0.480. The van der Waals surface area contributed by atoms with Gasteiger partial charge in [0.2, 0.25) is 0 Å². The third kappa shape index (κ3) is 4.93. The molecule has 11 heteroatoms. The minimum atomic E-state index is -2.91. The van der Waals surface area contributed by atoms with E-state index in [9.17, 15) is 22.4 Å². The van der Waals surface area contributed by atoms with E-state index in [2.05, 4.69) is 9.47 Å². The summed E-state index contributed by atoms with van der Waals surface area (Å²) in [6.07, 6.45) is -0.338. The van der Waals surface area contributed by atoms with E-state index in [1.807, 2.05) is 0 Å². The van der Waals surface area contributed by atoms with Gasteiger partial charge in [-0.25, -0.2) is 0 Å². The SMILES string of the molecule is O=C1C2(CCC13COC(c1ccc(OC(F)F)cc1)OC3)COC(c1ccc(OC(F)F)cc1)OC2. The van der Waals surface area contributed by atoms with Crippen molar-refractivity contribution in [1.29, 1.82) is 0 Å². The van der Waals surface area contributed by atoms with Crippen molar-refractivity contribution < 1.29 is 50.8 Å². The van der Waals surface area contributed by atoms with E-state index >= 15 is 0 Å². The summed E-state index contributed by atoms with van der Waals surface area (Å²) in [4.78, 5) is 13.5. The molecule has 0 unspecified atom stereocenters. The van der Waals surface area contributed by atoms with Gasteiger partial charge in [0.05, 0.1) is 37.3 Å². The van der Waals surface area contributed by atoms with Crippen LogP contribution in [0.25, 0.3) is 0 Å². The molecule has 5 rings (SSSR count). The quantitative estimate of drug-likeness (QED) is 0.504. The van der Waals surface area contributed by atoms with Gasteiger partial charge in [0.15, 0.2) is 18.4 Å². The first-order valence-corrected chi connectivity index (χ1v) is 11.4. The molecule has 3 aliphatic rings. The van der Waals surface area contributed by atoms with Crippen LogP contribution in [-0.4, -0.2) is 45.4 Å². The summed E-state index contributed by atoms with van der Waals surface area (Å²) in [6.45, 7) is -5.19. The third-order valence-electron chi connectivity index (χ3n) is 6.84. The molecule has 0 aromatic heterocycles. The number of halogens is 4. The molecule has 2 aromatic rings. The lowest BCUT2D eigenvalue weighted by atomic mass is 9.78. The molecular formula is C25H24F4O7. The van der Waals surface area contributed by atoms with Gasteiger partial charge in [0.25, 0.3) is 0 Å². The van der Waals surface area contributed by atoms with Gasteiger partial charge in [0.1, 0.15) is 11.5 Å². The predicted octanol–water partition coefficient (Wildman–Crippen LogP) is 5.02. The Kier molecular flexibility index (Phi) is 6.90. The van der Waals surface area contributed by atoms with Crippen LogP contribution < -0.4 is 9.47 Å². The summed E-state index contributed by atoms with van der Waals surface area (Å²) in [7, 11) is 0. The number of benzene rings is 2. The zero-order chi connectivity index (χ0) is 25.3. The minimum absolute atomic E-state index is 0.0296. The average Bonchev–Trinajstić information content (AvgIpc) is 3.12. The summed E-state index contributed by atoms with van der Waals surface area (Å²) in [6, 6.07) is 11.9. The van der Waals surface area contributed by atoms with Gasteiger partial charge in [-0.15, -0.1) is 0 Å². The van der Waals surface area contributed by atoms with Gasteiger partial charge in [-0.1, -0.05) is 24.3 Å². The molecule has 2 saturated heterocycles. The standard InChI is InChI=1S/C25H24F4O7/c26-22(27)35-17-5-1-15(2-6-17)19-31-11-24(12-32-19)9-10-25(21(24)30)13-33-20(34-14-25)16-3-7-18(8-4-16)36-23(28)29/h1-8,19-20,22-23H,9-14H2. The van der Waals surface area contributed by atoms with Crippen molar-refractivity contribution in [3.8, 4) is 11.5 Å². The van der Waals surface area contributed by atoms with Crippen molar-refractivity contribution in [2.75, 3.05) is 26.4 Å². The fourth-order valence-corrected chi connectivity index (χ4v) is 4.94. The zero-order valence-corrected chi connectivity index (χ0v) is 19.0. The second-order valence-electron chi connectivity index (χ2n) is 9.19. The summed E-state index contributed by atoms with van der Waals surface area (Å²) in [5, 5.41) is 0. The van der Waals surface area contributed by atoms with E-state index in [4.69, 9.17) is 18.9 Å². The monoisotopic (exact) mass is 512 g/mol. The Bertz CT molecular complexity index is 962.